The summed E-state index contributed by atoms with van der Waals surface area (Å²) in [6.45, 7) is 0.908. The van der Waals surface area contributed by atoms with E-state index in [0.29, 0.717) is 5.69 Å². The van der Waals surface area contributed by atoms with Gasteiger partial charge in [0.25, 0.3) is 0 Å². The van der Waals surface area contributed by atoms with Crippen LogP contribution in [0.1, 0.15) is 11.4 Å². The Kier molecular flexibility index (Phi) is 3.69. The fraction of sp³-hybridized carbons (Fsp3) is 0.667. The van der Waals surface area contributed by atoms with Gasteiger partial charge in [0.2, 0.25) is 10.0 Å². The first-order valence-electron chi connectivity index (χ1n) is 5.63. The van der Waals surface area contributed by atoms with Crippen molar-refractivity contribution in [1.82, 2.24) is 14.5 Å². The molecule has 1 aliphatic rings. The highest BCUT2D eigenvalue weighted by Crippen LogP contribution is 2.23. The number of nitrogens with one attached hydrogen (secondary N) is 1. The van der Waals surface area contributed by atoms with Crippen LogP contribution in [0.15, 0.2) is 4.90 Å². The van der Waals surface area contributed by atoms with E-state index in [9.17, 15) is 16.8 Å². The van der Waals surface area contributed by atoms with Crippen molar-refractivity contribution in [1.29, 1.82) is 0 Å². The van der Waals surface area contributed by atoms with Gasteiger partial charge < -0.3 is 5.11 Å². The molecule has 1 aromatic heterocycles. The van der Waals surface area contributed by atoms with Crippen molar-refractivity contribution in [3.05, 3.63) is 11.4 Å². The minimum Gasteiger partial charge on any atom is -0.390 e. The molecule has 2 heterocycles. The SMILES string of the molecule is Cc1[nH]nc(CO)c1S(=O)(=O)N1CCS(=O)(=O)CC1. The van der Waals surface area contributed by atoms with Gasteiger partial charge in [-0.05, 0) is 6.92 Å². The van der Waals surface area contributed by atoms with Crippen LogP contribution < -0.4 is 0 Å². The maximum absolute atomic E-state index is 12.4. The summed E-state index contributed by atoms with van der Waals surface area (Å²) in [5, 5.41) is 15.4. The van der Waals surface area contributed by atoms with Gasteiger partial charge in [0.05, 0.1) is 23.8 Å². The van der Waals surface area contributed by atoms with Crippen molar-refractivity contribution in [2.45, 2.75) is 18.4 Å². The third-order valence-corrected chi connectivity index (χ3v) is 6.72. The van der Waals surface area contributed by atoms with E-state index in [2.05, 4.69) is 10.2 Å². The highest BCUT2D eigenvalue weighted by Gasteiger charge is 2.34. The Bertz CT molecular complexity index is 663. The Morgan fingerprint density at radius 1 is 1.37 bits per heavy atom. The molecule has 0 aromatic carbocycles. The van der Waals surface area contributed by atoms with Crippen LogP contribution in [-0.4, -0.2) is 61.0 Å². The van der Waals surface area contributed by atoms with Crippen LogP contribution in [0.25, 0.3) is 0 Å². The summed E-state index contributed by atoms with van der Waals surface area (Å²) in [6.07, 6.45) is 0. The zero-order chi connectivity index (χ0) is 14.3. The number of aromatic amines is 1. The number of nitrogens with zero attached hydrogens (tertiary/aromatic N) is 2. The van der Waals surface area contributed by atoms with Crippen LogP contribution in [0.2, 0.25) is 0 Å². The lowest BCUT2D eigenvalue weighted by atomic mass is 10.4. The average Bonchev–Trinajstić information content (AvgIpc) is 2.70. The lowest BCUT2D eigenvalue weighted by Gasteiger charge is -2.26. The number of aromatic nitrogens is 2. The number of hydrogen-bond donors (Lipinski definition) is 2. The van der Waals surface area contributed by atoms with Crippen molar-refractivity contribution in [2.75, 3.05) is 24.6 Å². The first kappa shape index (κ1) is 14.4. The highest BCUT2D eigenvalue weighted by atomic mass is 32.2. The third-order valence-electron chi connectivity index (χ3n) is 3.01. The van der Waals surface area contributed by atoms with Gasteiger partial charge in [-0.2, -0.15) is 9.40 Å². The normalized spacial score (nSPS) is 20.5. The summed E-state index contributed by atoms with van der Waals surface area (Å²) in [4.78, 5) is -0.0608. The number of H-pyrrole nitrogens is 1. The predicted octanol–water partition coefficient (Wildman–Crippen LogP) is -1.37. The predicted molar refractivity (Wildman–Crippen MR) is 66.7 cm³/mol. The summed E-state index contributed by atoms with van der Waals surface area (Å²) < 4.78 is 48.6. The van der Waals surface area contributed by atoms with E-state index in [1.807, 2.05) is 0 Å². The summed E-state index contributed by atoms with van der Waals surface area (Å²) in [7, 11) is -6.98. The molecule has 0 saturated carbocycles. The number of aliphatic hydroxyl groups is 1. The quantitative estimate of drug-likeness (QED) is 0.710. The zero-order valence-corrected chi connectivity index (χ0v) is 12.0. The smallest absolute Gasteiger partial charge is 0.246 e. The number of sulfonamides is 1. The van der Waals surface area contributed by atoms with E-state index in [4.69, 9.17) is 5.11 Å². The van der Waals surface area contributed by atoms with Crippen LogP contribution in [0.4, 0.5) is 0 Å². The molecule has 8 nitrogen and oxygen atoms in total. The highest BCUT2D eigenvalue weighted by molar-refractivity contribution is 7.92. The summed E-state index contributed by atoms with van der Waals surface area (Å²) >= 11 is 0. The molecule has 10 heteroatoms. The van der Waals surface area contributed by atoms with E-state index in [1.54, 1.807) is 6.92 Å². The van der Waals surface area contributed by atoms with Gasteiger partial charge in [-0.1, -0.05) is 0 Å². The summed E-state index contributed by atoms with van der Waals surface area (Å²) in [5.74, 6) is -0.366. The largest absolute Gasteiger partial charge is 0.390 e. The Balaban J connectivity index is 2.36. The molecule has 0 amide bonds. The maximum Gasteiger partial charge on any atom is 0.246 e. The molecule has 0 unspecified atom stereocenters. The number of rotatable bonds is 3. The van der Waals surface area contributed by atoms with Gasteiger partial charge in [0, 0.05) is 13.1 Å². The van der Waals surface area contributed by atoms with Gasteiger partial charge >= 0.3 is 0 Å². The molecule has 1 aromatic rings. The third kappa shape index (κ3) is 2.66. The molecule has 1 fully saturated rings. The van der Waals surface area contributed by atoms with Gasteiger partial charge in [0.15, 0.2) is 9.84 Å². The topological polar surface area (TPSA) is 120 Å². The molecule has 19 heavy (non-hydrogen) atoms. The number of aryl methyl sites for hydroxylation is 1. The van der Waals surface area contributed by atoms with E-state index in [1.165, 1.54) is 0 Å². The van der Waals surface area contributed by atoms with Crippen molar-refractivity contribution >= 4 is 19.9 Å². The maximum atomic E-state index is 12.4. The monoisotopic (exact) mass is 309 g/mol. The molecule has 1 aliphatic heterocycles. The molecule has 0 bridgehead atoms. The van der Waals surface area contributed by atoms with Crippen molar-refractivity contribution in [3.63, 3.8) is 0 Å². The number of sulfone groups is 1. The van der Waals surface area contributed by atoms with Crippen LogP contribution in [-0.2, 0) is 26.5 Å². The van der Waals surface area contributed by atoms with Gasteiger partial charge in [-0.3, -0.25) is 5.10 Å². The lowest BCUT2D eigenvalue weighted by molar-refractivity contribution is 0.273. The minimum atomic E-state index is -3.83. The second-order valence-electron chi connectivity index (χ2n) is 4.34. The molecular weight excluding hydrogens is 294 g/mol. The fourth-order valence-electron chi connectivity index (χ4n) is 1.98. The molecule has 0 spiro atoms. The van der Waals surface area contributed by atoms with Gasteiger partial charge in [-0.25, -0.2) is 16.8 Å². The second kappa shape index (κ2) is 4.85. The van der Waals surface area contributed by atoms with Crippen molar-refractivity contribution < 1.29 is 21.9 Å². The Morgan fingerprint density at radius 2 is 1.95 bits per heavy atom. The molecule has 2 rings (SSSR count). The minimum absolute atomic E-state index is 0.0472. The Hall–Kier alpha value is -0.970. The fourth-order valence-corrected chi connectivity index (χ4v) is 5.18. The number of aliphatic hydroxyl groups excluding tert-OH is 1. The van der Waals surface area contributed by atoms with E-state index >= 15 is 0 Å². The van der Waals surface area contributed by atoms with Crippen LogP contribution in [0.5, 0.6) is 0 Å². The first-order chi connectivity index (χ1) is 8.78. The van der Waals surface area contributed by atoms with E-state index in [0.717, 1.165) is 4.31 Å². The Labute approximate surface area is 111 Å². The summed E-state index contributed by atoms with van der Waals surface area (Å²) in [6, 6.07) is 0. The molecule has 0 aliphatic carbocycles. The molecule has 1 saturated heterocycles. The van der Waals surface area contributed by atoms with Crippen molar-refractivity contribution in [2.24, 2.45) is 0 Å². The summed E-state index contributed by atoms with van der Waals surface area (Å²) in [5.41, 5.74) is 0.378. The van der Waals surface area contributed by atoms with Crippen LogP contribution in [0.3, 0.4) is 0 Å². The average molecular weight is 309 g/mol. The van der Waals surface area contributed by atoms with Crippen molar-refractivity contribution in [3.8, 4) is 0 Å². The van der Waals surface area contributed by atoms with Gasteiger partial charge in [0.1, 0.15) is 10.6 Å². The number of hydrogen-bond acceptors (Lipinski definition) is 6. The van der Waals surface area contributed by atoms with E-state index in [-0.39, 0.29) is 35.2 Å². The van der Waals surface area contributed by atoms with Crippen LogP contribution >= 0.6 is 0 Å². The molecular formula is C9H15N3O5S2. The second-order valence-corrected chi connectivity index (χ2v) is 8.52. The zero-order valence-electron chi connectivity index (χ0n) is 10.3. The van der Waals surface area contributed by atoms with Gasteiger partial charge in [-0.15, -0.1) is 0 Å². The lowest BCUT2D eigenvalue weighted by Crippen LogP contribution is -2.43. The molecule has 108 valence electrons. The molecule has 2 N–H and O–H groups in total. The Morgan fingerprint density at radius 3 is 2.47 bits per heavy atom. The van der Waals surface area contributed by atoms with E-state index < -0.39 is 26.5 Å². The first-order valence-corrected chi connectivity index (χ1v) is 8.89. The standard InChI is InChI=1S/C9H15N3O5S2/c1-7-9(8(6-13)11-10-7)19(16,17)12-2-4-18(14,15)5-3-12/h13H,2-6H2,1H3,(H,10,11). The molecule has 0 radical (unpaired) electrons. The van der Waals surface area contributed by atoms with Crippen LogP contribution in [0, 0.1) is 6.92 Å². The molecule has 0 atom stereocenters.